The van der Waals surface area contributed by atoms with Crippen LogP contribution >= 0.6 is 0 Å². The summed E-state index contributed by atoms with van der Waals surface area (Å²) in [7, 11) is 0. The molecular weight excluding hydrogens is 508 g/mol. The zero-order valence-corrected chi connectivity index (χ0v) is 22.8. The third-order valence-corrected chi connectivity index (χ3v) is 7.94. The van der Waals surface area contributed by atoms with Gasteiger partial charge >= 0.3 is 0 Å². The molecule has 194 valence electrons. The van der Waals surface area contributed by atoms with Crippen LogP contribution in [0.1, 0.15) is 11.1 Å². The topological polar surface area (TPSA) is 47.6 Å². The van der Waals surface area contributed by atoms with Crippen molar-refractivity contribution in [3.63, 3.8) is 0 Å². The number of nitrogens with zero attached hydrogens (tertiary/aromatic N) is 2. The van der Waals surface area contributed by atoms with Crippen LogP contribution in [0, 0.1) is 22.7 Å². The molecule has 0 aromatic heterocycles. The molecule has 0 aliphatic heterocycles. The van der Waals surface area contributed by atoms with Gasteiger partial charge in [-0.15, -0.1) is 0 Å². The van der Waals surface area contributed by atoms with Crippen LogP contribution in [0.4, 0.5) is 0 Å². The van der Waals surface area contributed by atoms with Gasteiger partial charge in [0.25, 0.3) is 0 Å². The molecule has 0 bridgehead atoms. The van der Waals surface area contributed by atoms with E-state index in [9.17, 15) is 10.5 Å². The van der Waals surface area contributed by atoms with E-state index in [1.165, 1.54) is 38.2 Å². The second kappa shape index (κ2) is 10.5. The zero-order chi connectivity index (χ0) is 28.5. The van der Waals surface area contributed by atoms with Crippen molar-refractivity contribution in [2.45, 2.75) is 0 Å². The zero-order valence-electron chi connectivity index (χ0n) is 22.8. The first kappa shape index (κ1) is 25.0. The summed E-state index contributed by atoms with van der Waals surface area (Å²) in [6.07, 6.45) is 0. The molecule has 0 heterocycles. The van der Waals surface area contributed by atoms with Crippen LogP contribution in [-0.4, -0.2) is 0 Å². The van der Waals surface area contributed by atoms with Crippen molar-refractivity contribution in [3.05, 3.63) is 157 Å². The van der Waals surface area contributed by atoms with Crippen molar-refractivity contribution >= 4 is 21.5 Å². The summed E-state index contributed by atoms with van der Waals surface area (Å²) in [5, 5.41) is 23.3. The second-order valence-electron chi connectivity index (χ2n) is 10.4. The lowest BCUT2D eigenvalue weighted by Crippen LogP contribution is -1.92. The highest BCUT2D eigenvalue weighted by atomic mass is 14.2. The molecule has 0 amide bonds. The number of benzene rings is 7. The Kier molecular flexibility index (Phi) is 6.29. The van der Waals surface area contributed by atoms with Crippen LogP contribution in [0.3, 0.4) is 0 Å². The highest BCUT2D eigenvalue weighted by molar-refractivity contribution is 6.22. The predicted molar refractivity (Wildman–Crippen MR) is 173 cm³/mol. The van der Waals surface area contributed by atoms with Crippen LogP contribution in [0.2, 0.25) is 0 Å². The molecule has 2 heteroatoms. The SMILES string of the molecule is N#Cc1ccc(-c2ccc3c(-c4ccccc4)c4ccc(-c5ccc(C#N)cc5)cc4c(-c4ccccc4)c3c2)cc1. The van der Waals surface area contributed by atoms with Gasteiger partial charge in [-0.1, -0.05) is 109 Å². The van der Waals surface area contributed by atoms with E-state index in [4.69, 9.17) is 0 Å². The first-order valence-corrected chi connectivity index (χ1v) is 13.9. The van der Waals surface area contributed by atoms with Gasteiger partial charge in [-0.25, -0.2) is 0 Å². The largest absolute Gasteiger partial charge is 0.192 e. The molecule has 0 spiro atoms. The third-order valence-electron chi connectivity index (χ3n) is 7.94. The maximum atomic E-state index is 9.31. The molecule has 7 aromatic carbocycles. The molecule has 0 aliphatic carbocycles. The maximum absolute atomic E-state index is 9.31. The Balaban J connectivity index is 1.60. The van der Waals surface area contributed by atoms with Crippen LogP contribution in [0.25, 0.3) is 66.1 Å². The molecule has 42 heavy (non-hydrogen) atoms. The molecular formula is C40H24N2. The Bertz CT molecular complexity index is 2050. The van der Waals surface area contributed by atoms with Crippen molar-refractivity contribution in [3.8, 4) is 56.6 Å². The van der Waals surface area contributed by atoms with Crippen molar-refractivity contribution in [2.75, 3.05) is 0 Å². The summed E-state index contributed by atoms with van der Waals surface area (Å²) in [4.78, 5) is 0. The highest BCUT2D eigenvalue weighted by Gasteiger charge is 2.18. The molecule has 0 radical (unpaired) electrons. The second-order valence-corrected chi connectivity index (χ2v) is 10.4. The minimum Gasteiger partial charge on any atom is -0.192 e. The van der Waals surface area contributed by atoms with Gasteiger partial charge in [0, 0.05) is 0 Å². The van der Waals surface area contributed by atoms with E-state index in [2.05, 4.69) is 109 Å². The number of fused-ring (bicyclic) bond motifs is 2. The fourth-order valence-electron chi connectivity index (χ4n) is 5.89. The van der Waals surface area contributed by atoms with Crippen LogP contribution in [-0.2, 0) is 0 Å². The monoisotopic (exact) mass is 532 g/mol. The molecule has 0 N–H and O–H groups in total. The fourth-order valence-corrected chi connectivity index (χ4v) is 5.89. The maximum Gasteiger partial charge on any atom is 0.0991 e. The number of hydrogen-bond donors (Lipinski definition) is 0. The van der Waals surface area contributed by atoms with E-state index in [0.29, 0.717) is 11.1 Å². The quantitative estimate of drug-likeness (QED) is 0.212. The van der Waals surface area contributed by atoms with E-state index < -0.39 is 0 Å². The van der Waals surface area contributed by atoms with Gasteiger partial charge in [0.1, 0.15) is 0 Å². The lowest BCUT2D eigenvalue weighted by atomic mass is 9.84. The smallest absolute Gasteiger partial charge is 0.0991 e. The minimum absolute atomic E-state index is 0.650. The Morgan fingerprint density at radius 2 is 0.667 bits per heavy atom. The van der Waals surface area contributed by atoms with Crippen LogP contribution in [0.5, 0.6) is 0 Å². The Labute approximate surface area is 245 Å². The number of nitriles is 2. The average Bonchev–Trinajstić information content (AvgIpc) is 3.07. The average molecular weight is 533 g/mol. The molecule has 0 saturated heterocycles. The van der Waals surface area contributed by atoms with E-state index in [1.54, 1.807) is 0 Å². The van der Waals surface area contributed by atoms with E-state index >= 15 is 0 Å². The van der Waals surface area contributed by atoms with Crippen molar-refractivity contribution in [2.24, 2.45) is 0 Å². The Morgan fingerprint density at radius 3 is 1.05 bits per heavy atom. The highest BCUT2D eigenvalue weighted by Crippen LogP contribution is 2.45. The summed E-state index contributed by atoms with van der Waals surface area (Å²) in [5.74, 6) is 0. The molecule has 0 fully saturated rings. The van der Waals surface area contributed by atoms with Gasteiger partial charge in [-0.05, 0) is 102 Å². The standard InChI is InChI=1S/C40H24N2/c41-25-27-11-15-29(16-12-27)33-19-21-35-37(23-33)40(32-9-5-2-6-10-32)38-24-34(30-17-13-28(26-42)14-18-30)20-22-36(38)39(35)31-7-3-1-4-8-31/h1-24H. The molecule has 7 rings (SSSR count). The van der Waals surface area contributed by atoms with Gasteiger partial charge in [0.15, 0.2) is 0 Å². The van der Waals surface area contributed by atoms with Crippen LogP contribution in [0.15, 0.2) is 146 Å². The summed E-state index contributed by atoms with van der Waals surface area (Å²) in [6.45, 7) is 0. The molecule has 0 unspecified atom stereocenters. The summed E-state index contributed by atoms with van der Waals surface area (Å²) in [6, 6.07) is 54.6. The van der Waals surface area contributed by atoms with Gasteiger partial charge in [-0.3, -0.25) is 0 Å². The first-order chi connectivity index (χ1) is 20.7. The summed E-state index contributed by atoms with van der Waals surface area (Å²) in [5.41, 5.74) is 10.4. The molecule has 7 aromatic rings. The predicted octanol–water partition coefficient (Wildman–Crippen LogP) is 10.4. The van der Waals surface area contributed by atoms with Crippen molar-refractivity contribution in [1.29, 1.82) is 10.5 Å². The summed E-state index contributed by atoms with van der Waals surface area (Å²) >= 11 is 0. The third kappa shape index (κ3) is 4.39. The number of rotatable bonds is 4. The van der Waals surface area contributed by atoms with Crippen molar-refractivity contribution in [1.82, 2.24) is 0 Å². The van der Waals surface area contributed by atoms with Crippen molar-refractivity contribution < 1.29 is 0 Å². The molecule has 0 aliphatic rings. The van der Waals surface area contributed by atoms with E-state index in [0.717, 1.165) is 27.8 Å². The van der Waals surface area contributed by atoms with Crippen LogP contribution < -0.4 is 0 Å². The van der Waals surface area contributed by atoms with Gasteiger partial charge < -0.3 is 0 Å². The first-order valence-electron chi connectivity index (χ1n) is 13.9. The van der Waals surface area contributed by atoms with E-state index in [-0.39, 0.29) is 0 Å². The number of hydrogen-bond acceptors (Lipinski definition) is 2. The normalized spacial score (nSPS) is 10.8. The van der Waals surface area contributed by atoms with Gasteiger partial charge in [0.2, 0.25) is 0 Å². The Hall–Kier alpha value is -5.96. The lowest BCUT2D eigenvalue weighted by Gasteiger charge is -2.19. The lowest BCUT2D eigenvalue weighted by molar-refractivity contribution is 1.48. The van der Waals surface area contributed by atoms with Gasteiger partial charge in [0.05, 0.1) is 23.3 Å². The molecule has 0 saturated carbocycles. The summed E-state index contributed by atoms with van der Waals surface area (Å²) < 4.78 is 0. The minimum atomic E-state index is 0.650. The fraction of sp³-hybridized carbons (Fsp3) is 0. The van der Waals surface area contributed by atoms with E-state index in [1.807, 2.05) is 48.5 Å². The van der Waals surface area contributed by atoms with Gasteiger partial charge in [-0.2, -0.15) is 10.5 Å². The molecule has 2 nitrogen and oxygen atoms in total. The molecule has 0 atom stereocenters. The Morgan fingerprint density at radius 1 is 0.310 bits per heavy atom.